The molecule has 0 aromatic carbocycles. The van der Waals surface area contributed by atoms with Gasteiger partial charge in [-0.2, -0.15) is 0 Å². The first-order valence-corrected chi connectivity index (χ1v) is 8.09. The summed E-state index contributed by atoms with van der Waals surface area (Å²) in [5, 5.41) is 8.68. The number of aliphatic hydroxyl groups excluding tert-OH is 1. The van der Waals surface area contributed by atoms with Crippen LogP contribution < -0.4 is 5.73 Å². The molecule has 0 fully saturated rings. The van der Waals surface area contributed by atoms with Crippen LogP contribution >= 0.6 is 0 Å². The largest absolute Gasteiger partial charge is 0.396 e. The highest BCUT2D eigenvalue weighted by Gasteiger charge is 2.29. The van der Waals surface area contributed by atoms with E-state index in [0.717, 1.165) is 12.5 Å². The average molecular weight is 251 g/mol. The van der Waals surface area contributed by atoms with Crippen LogP contribution in [0.5, 0.6) is 0 Å². The summed E-state index contributed by atoms with van der Waals surface area (Å²) in [5.74, 6) is -0.333. The van der Waals surface area contributed by atoms with Crippen molar-refractivity contribution >= 4 is 14.5 Å². The first-order valence-electron chi connectivity index (χ1n) is 5.56. The van der Waals surface area contributed by atoms with Crippen LogP contribution in [0.1, 0.15) is 27.2 Å². The zero-order valence-corrected chi connectivity index (χ0v) is 11.8. The number of aliphatic hydroxyl groups is 1. The van der Waals surface area contributed by atoms with Gasteiger partial charge in [0.2, 0.25) is 5.91 Å². The fourth-order valence-corrected chi connectivity index (χ4v) is 3.59. The predicted octanol–water partition coefficient (Wildman–Crippen LogP) is 1.01. The molecular weight excluding hydrogens is 226 g/mol. The van der Waals surface area contributed by atoms with E-state index < -0.39 is 8.56 Å². The normalized spacial score (nSPS) is 10.6. The Bertz CT molecular complexity index is 168. The Kier molecular flexibility index (Phi) is 12.4. The average Bonchev–Trinajstić information content (AvgIpc) is 2.15. The first kappa shape index (κ1) is 17.9. The maximum absolute atomic E-state index is 9.22. The lowest BCUT2D eigenvalue weighted by Gasteiger charge is -2.25. The number of hydrogen-bond acceptors (Lipinski definition) is 4. The number of hydrogen-bond donors (Lipinski definition) is 2. The Morgan fingerprint density at radius 1 is 1.31 bits per heavy atom. The van der Waals surface area contributed by atoms with Crippen molar-refractivity contribution in [2.24, 2.45) is 5.73 Å². The molecule has 5 nitrogen and oxygen atoms in total. The number of rotatable bonds is 7. The molecule has 0 saturated carbocycles. The van der Waals surface area contributed by atoms with Gasteiger partial charge in [-0.25, -0.2) is 0 Å². The van der Waals surface area contributed by atoms with E-state index in [1.807, 2.05) is 13.8 Å². The first-order chi connectivity index (χ1) is 7.41. The van der Waals surface area contributed by atoms with E-state index in [1.54, 1.807) is 0 Å². The summed E-state index contributed by atoms with van der Waals surface area (Å²) < 4.78 is 11.2. The Hall–Kier alpha value is -0.433. The molecule has 1 amide bonds. The van der Waals surface area contributed by atoms with E-state index in [1.165, 1.54) is 6.92 Å². The standard InChI is InChI=1S/C8H20O3Si.C2H5NO/c1-4-10-12(3,11-5-2)8-6-7-9;1-2(3)4/h9H,4-8H2,1-3H3;1H3,(H2,3,4). The number of carbonyl (C=O) groups is 1. The molecule has 0 aromatic rings. The SMILES string of the molecule is CC(N)=O.CCO[Si](C)(CCCO)OCC. The minimum Gasteiger partial charge on any atom is -0.396 e. The van der Waals surface area contributed by atoms with Crippen molar-refractivity contribution in [1.29, 1.82) is 0 Å². The van der Waals surface area contributed by atoms with Gasteiger partial charge in [-0.1, -0.05) is 0 Å². The van der Waals surface area contributed by atoms with Crippen molar-refractivity contribution in [2.45, 2.75) is 39.8 Å². The highest BCUT2D eigenvalue weighted by atomic mass is 28.4. The van der Waals surface area contributed by atoms with Crippen molar-refractivity contribution in [3.05, 3.63) is 0 Å². The lowest BCUT2D eigenvalue weighted by Crippen LogP contribution is -2.38. The Labute approximate surface area is 99.2 Å². The van der Waals surface area contributed by atoms with Gasteiger partial charge in [0.25, 0.3) is 0 Å². The third kappa shape index (κ3) is 13.6. The van der Waals surface area contributed by atoms with E-state index in [4.69, 9.17) is 14.0 Å². The molecule has 0 atom stereocenters. The molecule has 6 heteroatoms. The zero-order chi connectivity index (χ0) is 13.0. The fourth-order valence-electron chi connectivity index (χ4n) is 1.20. The topological polar surface area (TPSA) is 81.8 Å². The Balaban J connectivity index is 0. The van der Waals surface area contributed by atoms with Crippen molar-refractivity contribution in [3.8, 4) is 0 Å². The second-order valence-corrected chi connectivity index (χ2v) is 6.78. The van der Waals surface area contributed by atoms with Gasteiger partial charge in [0.15, 0.2) is 0 Å². The molecule has 0 heterocycles. The molecule has 0 aliphatic carbocycles. The van der Waals surface area contributed by atoms with Gasteiger partial charge in [0.05, 0.1) is 0 Å². The van der Waals surface area contributed by atoms with Crippen LogP contribution in [0.4, 0.5) is 0 Å². The number of amides is 1. The third-order valence-electron chi connectivity index (χ3n) is 1.69. The maximum atomic E-state index is 9.22. The second kappa shape index (κ2) is 11.1. The smallest absolute Gasteiger partial charge is 0.334 e. The van der Waals surface area contributed by atoms with Gasteiger partial charge in [-0.05, 0) is 32.9 Å². The van der Waals surface area contributed by atoms with Gasteiger partial charge in [-0.15, -0.1) is 0 Å². The van der Waals surface area contributed by atoms with Gasteiger partial charge in [0, 0.05) is 26.7 Å². The van der Waals surface area contributed by atoms with E-state index in [-0.39, 0.29) is 12.5 Å². The number of primary amides is 1. The summed E-state index contributed by atoms with van der Waals surface area (Å²) in [6, 6.07) is 0.880. The van der Waals surface area contributed by atoms with E-state index >= 15 is 0 Å². The van der Waals surface area contributed by atoms with E-state index in [9.17, 15) is 4.79 Å². The molecule has 0 aliphatic heterocycles. The third-order valence-corrected chi connectivity index (χ3v) is 4.75. The highest BCUT2D eigenvalue weighted by Crippen LogP contribution is 2.15. The predicted molar refractivity (Wildman–Crippen MR) is 66.2 cm³/mol. The molecule has 16 heavy (non-hydrogen) atoms. The number of carbonyl (C=O) groups excluding carboxylic acids is 1. The molecule has 0 unspecified atom stereocenters. The van der Waals surface area contributed by atoms with Crippen LogP contribution in [-0.2, 0) is 13.6 Å². The van der Waals surface area contributed by atoms with E-state index in [2.05, 4.69) is 12.3 Å². The summed E-state index contributed by atoms with van der Waals surface area (Å²) >= 11 is 0. The van der Waals surface area contributed by atoms with Gasteiger partial charge in [-0.3, -0.25) is 4.79 Å². The highest BCUT2D eigenvalue weighted by molar-refractivity contribution is 6.66. The fraction of sp³-hybridized carbons (Fsp3) is 0.900. The van der Waals surface area contributed by atoms with Gasteiger partial charge in [0.1, 0.15) is 0 Å². The molecule has 0 spiro atoms. The van der Waals surface area contributed by atoms with Crippen LogP contribution in [0, 0.1) is 0 Å². The van der Waals surface area contributed by atoms with Crippen LogP contribution in [0.3, 0.4) is 0 Å². The molecular formula is C10H25NO4Si. The van der Waals surface area contributed by atoms with Crippen LogP contribution in [-0.4, -0.2) is 39.4 Å². The van der Waals surface area contributed by atoms with Gasteiger partial charge >= 0.3 is 8.56 Å². The maximum Gasteiger partial charge on any atom is 0.334 e. The summed E-state index contributed by atoms with van der Waals surface area (Å²) in [6.07, 6.45) is 0.780. The van der Waals surface area contributed by atoms with Crippen LogP contribution in [0.15, 0.2) is 0 Å². The molecule has 0 aromatic heterocycles. The number of nitrogens with two attached hydrogens (primary N) is 1. The van der Waals surface area contributed by atoms with Crippen LogP contribution in [0.25, 0.3) is 0 Å². The minimum absolute atomic E-state index is 0.225. The molecule has 0 bridgehead atoms. The van der Waals surface area contributed by atoms with E-state index in [0.29, 0.717) is 13.2 Å². The quantitative estimate of drug-likeness (QED) is 0.662. The summed E-state index contributed by atoms with van der Waals surface area (Å²) in [5.41, 5.74) is 4.47. The molecule has 98 valence electrons. The molecule has 0 radical (unpaired) electrons. The molecule has 0 saturated heterocycles. The van der Waals surface area contributed by atoms with Crippen molar-refractivity contribution in [3.63, 3.8) is 0 Å². The minimum atomic E-state index is -1.93. The monoisotopic (exact) mass is 251 g/mol. The molecule has 0 aliphatic rings. The summed E-state index contributed by atoms with van der Waals surface area (Å²) in [6.45, 7) is 8.94. The van der Waals surface area contributed by atoms with Crippen molar-refractivity contribution < 1.29 is 18.8 Å². The molecule has 3 N–H and O–H groups in total. The van der Waals surface area contributed by atoms with Crippen molar-refractivity contribution in [2.75, 3.05) is 19.8 Å². The summed E-state index contributed by atoms with van der Waals surface area (Å²) in [4.78, 5) is 9.22. The zero-order valence-electron chi connectivity index (χ0n) is 10.8. The lowest BCUT2D eigenvalue weighted by molar-refractivity contribution is -0.115. The lowest BCUT2D eigenvalue weighted by atomic mass is 10.5. The Morgan fingerprint density at radius 2 is 1.69 bits per heavy atom. The Morgan fingerprint density at radius 3 is 1.94 bits per heavy atom. The van der Waals surface area contributed by atoms with Gasteiger partial charge < -0.3 is 19.7 Å². The molecule has 0 rings (SSSR count). The second-order valence-electron chi connectivity index (χ2n) is 3.44. The summed E-state index contributed by atoms with van der Waals surface area (Å²) in [7, 11) is -1.93. The van der Waals surface area contributed by atoms with Crippen LogP contribution in [0.2, 0.25) is 12.6 Å². The van der Waals surface area contributed by atoms with Crippen molar-refractivity contribution in [1.82, 2.24) is 0 Å².